The van der Waals surface area contributed by atoms with E-state index < -0.39 is 0 Å². The average Bonchev–Trinajstić information content (AvgIpc) is 3.21. The van der Waals surface area contributed by atoms with Crippen molar-refractivity contribution in [2.45, 2.75) is 12.8 Å². The van der Waals surface area contributed by atoms with Crippen LogP contribution in [-0.2, 0) is 9.59 Å². The molecule has 134 valence electrons. The second-order valence-corrected chi connectivity index (χ2v) is 7.51. The van der Waals surface area contributed by atoms with Gasteiger partial charge in [0.25, 0.3) is 5.91 Å². The average molecular weight is 369 g/mol. The van der Waals surface area contributed by atoms with Gasteiger partial charge in [-0.1, -0.05) is 18.2 Å². The van der Waals surface area contributed by atoms with E-state index in [1.165, 1.54) is 11.3 Å². The molecular formula is C19H19N3O3S. The molecule has 1 N–H and O–H groups in total. The normalized spacial score (nSPS) is 19.7. The van der Waals surface area contributed by atoms with Gasteiger partial charge >= 0.3 is 0 Å². The molecule has 1 aromatic heterocycles. The molecule has 2 aliphatic heterocycles. The minimum Gasteiger partial charge on any atom is -0.337 e. The maximum Gasteiger partial charge on any atom is 0.263 e. The van der Waals surface area contributed by atoms with E-state index in [2.05, 4.69) is 5.32 Å². The van der Waals surface area contributed by atoms with Gasteiger partial charge in [-0.2, -0.15) is 0 Å². The van der Waals surface area contributed by atoms with Crippen molar-refractivity contribution in [3.05, 3.63) is 46.7 Å². The number of nitrogens with one attached hydrogen (secondary N) is 1. The molecule has 0 saturated carbocycles. The van der Waals surface area contributed by atoms with Crippen LogP contribution in [0.4, 0.5) is 11.4 Å². The first-order valence-electron chi connectivity index (χ1n) is 8.66. The van der Waals surface area contributed by atoms with Gasteiger partial charge in [0.15, 0.2) is 0 Å². The number of nitrogens with zero attached hydrogens (tertiary/aromatic N) is 2. The first-order valence-corrected chi connectivity index (χ1v) is 9.54. The van der Waals surface area contributed by atoms with Gasteiger partial charge in [-0.25, -0.2) is 0 Å². The Hall–Kier alpha value is -2.67. The van der Waals surface area contributed by atoms with Crippen LogP contribution in [0.1, 0.15) is 22.5 Å². The fraction of sp³-hybridized carbons (Fsp3) is 0.316. The Balaban J connectivity index is 1.53. The molecule has 2 aliphatic rings. The zero-order valence-corrected chi connectivity index (χ0v) is 15.0. The lowest BCUT2D eigenvalue weighted by molar-refractivity contribution is -0.125. The van der Waals surface area contributed by atoms with E-state index in [-0.39, 0.29) is 30.2 Å². The van der Waals surface area contributed by atoms with Crippen LogP contribution in [0.25, 0.3) is 0 Å². The third-order valence-electron chi connectivity index (χ3n) is 4.83. The molecule has 3 heterocycles. The Morgan fingerprint density at radius 3 is 2.81 bits per heavy atom. The number of para-hydroxylation sites is 2. The van der Waals surface area contributed by atoms with Gasteiger partial charge < -0.3 is 15.1 Å². The minimum absolute atomic E-state index is 0.0191. The summed E-state index contributed by atoms with van der Waals surface area (Å²) in [5.41, 5.74) is 1.37. The SMILES string of the molecule is O=C1CN(C(=O)C2CCCN(C(=O)c3cccs3)C2)c2ccccc2N1. The van der Waals surface area contributed by atoms with Gasteiger partial charge in [0.05, 0.1) is 22.2 Å². The number of thiophene rings is 1. The predicted molar refractivity (Wildman–Crippen MR) is 100 cm³/mol. The minimum atomic E-state index is -0.286. The maximum atomic E-state index is 13.1. The summed E-state index contributed by atoms with van der Waals surface area (Å²) in [6.45, 7) is 1.08. The van der Waals surface area contributed by atoms with Gasteiger partial charge in [0, 0.05) is 13.1 Å². The number of fused-ring (bicyclic) bond motifs is 1. The highest BCUT2D eigenvalue weighted by molar-refractivity contribution is 7.12. The molecular weight excluding hydrogens is 350 g/mol. The van der Waals surface area contributed by atoms with Crippen LogP contribution in [0.3, 0.4) is 0 Å². The Labute approximate surface area is 155 Å². The third kappa shape index (κ3) is 3.10. The van der Waals surface area contributed by atoms with Crippen molar-refractivity contribution in [3.8, 4) is 0 Å². The summed E-state index contributed by atoms with van der Waals surface area (Å²) in [5, 5.41) is 4.68. The Morgan fingerprint density at radius 1 is 1.15 bits per heavy atom. The zero-order valence-electron chi connectivity index (χ0n) is 14.2. The lowest BCUT2D eigenvalue weighted by Gasteiger charge is -2.36. The molecule has 0 spiro atoms. The van der Waals surface area contributed by atoms with Crippen molar-refractivity contribution in [1.82, 2.24) is 4.90 Å². The van der Waals surface area contributed by atoms with Crippen LogP contribution in [0.5, 0.6) is 0 Å². The molecule has 0 aliphatic carbocycles. The number of piperidine rings is 1. The number of hydrogen-bond donors (Lipinski definition) is 1. The topological polar surface area (TPSA) is 69.7 Å². The number of amides is 3. The van der Waals surface area contributed by atoms with Crippen LogP contribution in [0.2, 0.25) is 0 Å². The fourth-order valence-corrected chi connectivity index (χ4v) is 4.26. The van der Waals surface area contributed by atoms with Gasteiger partial charge in [0.1, 0.15) is 6.54 Å². The van der Waals surface area contributed by atoms with Crippen molar-refractivity contribution in [1.29, 1.82) is 0 Å². The number of carbonyl (C=O) groups excluding carboxylic acids is 3. The van der Waals surface area contributed by atoms with E-state index in [0.717, 1.165) is 18.5 Å². The third-order valence-corrected chi connectivity index (χ3v) is 5.68. The number of rotatable bonds is 2. The van der Waals surface area contributed by atoms with Gasteiger partial charge in [-0.05, 0) is 36.4 Å². The van der Waals surface area contributed by atoms with Crippen LogP contribution >= 0.6 is 11.3 Å². The number of likely N-dealkylation sites (tertiary alicyclic amines) is 1. The summed E-state index contributed by atoms with van der Waals surface area (Å²) in [4.78, 5) is 41.7. The van der Waals surface area contributed by atoms with Crippen LogP contribution < -0.4 is 10.2 Å². The van der Waals surface area contributed by atoms with E-state index in [0.29, 0.717) is 23.7 Å². The summed E-state index contributed by atoms with van der Waals surface area (Å²) >= 11 is 1.41. The first kappa shape index (κ1) is 16.8. The van der Waals surface area contributed by atoms with E-state index in [1.807, 2.05) is 35.7 Å². The van der Waals surface area contributed by atoms with E-state index in [1.54, 1.807) is 15.9 Å². The van der Waals surface area contributed by atoms with Crippen molar-refractivity contribution < 1.29 is 14.4 Å². The monoisotopic (exact) mass is 369 g/mol. The quantitative estimate of drug-likeness (QED) is 0.885. The summed E-state index contributed by atoms with van der Waals surface area (Å²) in [6, 6.07) is 11.0. The molecule has 2 aromatic rings. The van der Waals surface area contributed by atoms with Crippen molar-refractivity contribution in [3.63, 3.8) is 0 Å². The Bertz CT molecular complexity index is 849. The lowest BCUT2D eigenvalue weighted by atomic mass is 9.95. The van der Waals surface area contributed by atoms with Crippen molar-refractivity contribution >= 4 is 40.4 Å². The summed E-state index contributed by atoms with van der Waals surface area (Å²) in [5.74, 6) is -0.587. The van der Waals surface area contributed by atoms with Crippen LogP contribution in [0.15, 0.2) is 41.8 Å². The molecule has 1 fully saturated rings. The van der Waals surface area contributed by atoms with Crippen molar-refractivity contribution in [2.75, 3.05) is 29.9 Å². The molecule has 26 heavy (non-hydrogen) atoms. The molecule has 1 atom stereocenters. The maximum absolute atomic E-state index is 13.1. The molecule has 0 radical (unpaired) electrons. The number of carbonyl (C=O) groups is 3. The highest BCUT2D eigenvalue weighted by atomic mass is 32.1. The number of hydrogen-bond acceptors (Lipinski definition) is 4. The lowest BCUT2D eigenvalue weighted by Crippen LogP contribution is -2.50. The predicted octanol–water partition coefficient (Wildman–Crippen LogP) is 2.59. The van der Waals surface area contributed by atoms with Gasteiger partial charge in [0.2, 0.25) is 11.8 Å². The second-order valence-electron chi connectivity index (χ2n) is 6.56. The Morgan fingerprint density at radius 2 is 2.00 bits per heavy atom. The zero-order chi connectivity index (χ0) is 18.1. The molecule has 3 amide bonds. The molecule has 6 nitrogen and oxygen atoms in total. The highest BCUT2D eigenvalue weighted by Gasteiger charge is 2.35. The van der Waals surface area contributed by atoms with E-state index in [4.69, 9.17) is 0 Å². The molecule has 1 saturated heterocycles. The Kier molecular flexibility index (Phi) is 4.46. The molecule has 1 aromatic carbocycles. The fourth-order valence-electron chi connectivity index (χ4n) is 3.57. The first-order chi connectivity index (χ1) is 12.6. The molecule has 1 unspecified atom stereocenters. The van der Waals surface area contributed by atoms with Crippen molar-refractivity contribution in [2.24, 2.45) is 5.92 Å². The smallest absolute Gasteiger partial charge is 0.263 e. The van der Waals surface area contributed by atoms with Gasteiger partial charge in [-0.3, -0.25) is 14.4 Å². The summed E-state index contributed by atoms with van der Waals surface area (Å²) in [6.07, 6.45) is 1.52. The largest absolute Gasteiger partial charge is 0.337 e. The standard InChI is InChI=1S/C19H19N3O3S/c23-17-12-22(15-7-2-1-6-14(15)20-17)18(24)13-5-3-9-21(11-13)19(25)16-8-4-10-26-16/h1-2,4,6-8,10,13H,3,5,9,11-12H2,(H,20,23). The number of anilines is 2. The highest BCUT2D eigenvalue weighted by Crippen LogP contribution is 2.31. The molecule has 7 heteroatoms. The van der Waals surface area contributed by atoms with Crippen LogP contribution in [-0.4, -0.2) is 42.3 Å². The van der Waals surface area contributed by atoms with Crippen LogP contribution in [0, 0.1) is 5.92 Å². The molecule has 0 bridgehead atoms. The summed E-state index contributed by atoms with van der Waals surface area (Å²) in [7, 11) is 0. The summed E-state index contributed by atoms with van der Waals surface area (Å²) < 4.78 is 0. The van der Waals surface area contributed by atoms with E-state index >= 15 is 0 Å². The number of benzene rings is 1. The van der Waals surface area contributed by atoms with Gasteiger partial charge in [-0.15, -0.1) is 11.3 Å². The molecule has 4 rings (SSSR count). The van der Waals surface area contributed by atoms with E-state index in [9.17, 15) is 14.4 Å². The second kappa shape index (κ2) is 6.92.